The van der Waals surface area contributed by atoms with Crippen LogP contribution in [0.15, 0.2) is 24.3 Å². The van der Waals surface area contributed by atoms with Crippen molar-refractivity contribution in [3.63, 3.8) is 0 Å². The fourth-order valence-electron chi connectivity index (χ4n) is 2.15. The molecular formula is C14H17NO3. The molecule has 1 saturated heterocycles. The average Bonchev–Trinajstić information content (AvgIpc) is 2.61. The molecule has 0 bridgehead atoms. The molecule has 2 rings (SSSR count). The Hall–Kier alpha value is -1.84. The van der Waals surface area contributed by atoms with Crippen molar-refractivity contribution in [3.05, 3.63) is 29.8 Å². The van der Waals surface area contributed by atoms with Gasteiger partial charge in [-0.1, -0.05) is 19.1 Å². The van der Waals surface area contributed by atoms with Crippen molar-refractivity contribution >= 4 is 11.8 Å². The summed E-state index contributed by atoms with van der Waals surface area (Å²) in [5, 5.41) is 0. The number of methoxy groups -OCH3 is 1. The second-order valence-electron chi connectivity index (χ2n) is 4.59. The molecule has 4 heteroatoms. The number of imide groups is 1. The molecule has 1 aliphatic heterocycles. The minimum absolute atomic E-state index is 0.0529. The Bertz CT molecular complexity index is 470. The predicted octanol–water partition coefficient (Wildman–Crippen LogP) is 1.63. The molecule has 1 fully saturated rings. The van der Waals surface area contributed by atoms with Crippen LogP contribution in [0.3, 0.4) is 0 Å². The van der Waals surface area contributed by atoms with E-state index in [1.54, 1.807) is 14.0 Å². The summed E-state index contributed by atoms with van der Waals surface area (Å²) < 4.78 is 5.14. The minimum atomic E-state index is -0.164. The summed E-state index contributed by atoms with van der Waals surface area (Å²) in [6.45, 7) is 2.25. The summed E-state index contributed by atoms with van der Waals surface area (Å²) >= 11 is 0. The van der Waals surface area contributed by atoms with E-state index in [4.69, 9.17) is 4.74 Å². The van der Waals surface area contributed by atoms with E-state index >= 15 is 0 Å². The van der Waals surface area contributed by atoms with Gasteiger partial charge in [-0.2, -0.15) is 0 Å². The molecule has 1 atom stereocenters. The fraction of sp³-hybridized carbons (Fsp3) is 0.429. The topological polar surface area (TPSA) is 46.6 Å². The van der Waals surface area contributed by atoms with Gasteiger partial charge < -0.3 is 4.74 Å². The summed E-state index contributed by atoms with van der Waals surface area (Å²) in [6, 6.07) is 7.67. The van der Waals surface area contributed by atoms with Gasteiger partial charge in [0.05, 0.1) is 7.11 Å². The van der Waals surface area contributed by atoms with Crippen LogP contribution in [0.1, 0.15) is 18.9 Å². The standard InChI is InChI=1S/C14H17NO3/c1-10-8-13(16)15(14(10)17)7-6-11-4-3-5-12(9-11)18-2/h3-5,9-10H,6-8H2,1-2H3. The number of hydrogen-bond acceptors (Lipinski definition) is 3. The van der Waals surface area contributed by atoms with Crippen LogP contribution >= 0.6 is 0 Å². The SMILES string of the molecule is COc1cccc(CCN2C(=O)CC(C)C2=O)c1. The molecule has 96 valence electrons. The Balaban J connectivity index is 1.99. The Labute approximate surface area is 107 Å². The fourth-order valence-corrected chi connectivity index (χ4v) is 2.15. The third-order valence-corrected chi connectivity index (χ3v) is 3.23. The first-order valence-corrected chi connectivity index (χ1v) is 6.09. The van der Waals surface area contributed by atoms with Crippen LogP contribution in [0.5, 0.6) is 5.75 Å². The molecule has 1 heterocycles. The molecule has 18 heavy (non-hydrogen) atoms. The molecule has 0 radical (unpaired) electrons. The molecule has 0 spiro atoms. The highest BCUT2D eigenvalue weighted by atomic mass is 16.5. The van der Waals surface area contributed by atoms with Gasteiger partial charge in [0.1, 0.15) is 5.75 Å². The second-order valence-corrected chi connectivity index (χ2v) is 4.59. The largest absolute Gasteiger partial charge is 0.497 e. The number of rotatable bonds is 4. The molecular weight excluding hydrogens is 230 g/mol. The highest BCUT2D eigenvalue weighted by Gasteiger charge is 2.34. The van der Waals surface area contributed by atoms with Crippen LogP contribution in [0.2, 0.25) is 0 Å². The Morgan fingerprint density at radius 2 is 2.17 bits per heavy atom. The number of amides is 2. The van der Waals surface area contributed by atoms with Crippen molar-refractivity contribution in [1.29, 1.82) is 0 Å². The molecule has 0 saturated carbocycles. The quantitative estimate of drug-likeness (QED) is 0.760. The Morgan fingerprint density at radius 1 is 1.39 bits per heavy atom. The lowest BCUT2D eigenvalue weighted by Gasteiger charge is -2.14. The highest BCUT2D eigenvalue weighted by Crippen LogP contribution is 2.20. The van der Waals surface area contributed by atoms with Crippen molar-refractivity contribution in [2.24, 2.45) is 5.92 Å². The number of ether oxygens (including phenoxy) is 1. The van der Waals surface area contributed by atoms with Gasteiger partial charge in [0.15, 0.2) is 0 Å². The summed E-state index contributed by atoms with van der Waals surface area (Å²) in [6.07, 6.45) is 1.01. The first-order chi connectivity index (χ1) is 8.61. The summed E-state index contributed by atoms with van der Waals surface area (Å²) in [4.78, 5) is 24.7. The van der Waals surface area contributed by atoms with Crippen LogP contribution < -0.4 is 4.74 Å². The van der Waals surface area contributed by atoms with E-state index in [9.17, 15) is 9.59 Å². The summed E-state index contributed by atoms with van der Waals surface area (Å²) in [5.74, 6) is 0.515. The smallest absolute Gasteiger partial charge is 0.232 e. The minimum Gasteiger partial charge on any atom is -0.497 e. The van der Waals surface area contributed by atoms with E-state index in [1.165, 1.54) is 4.90 Å². The van der Waals surface area contributed by atoms with E-state index in [-0.39, 0.29) is 17.7 Å². The Morgan fingerprint density at radius 3 is 2.78 bits per heavy atom. The first-order valence-electron chi connectivity index (χ1n) is 6.09. The van der Waals surface area contributed by atoms with Crippen LogP contribution in [-0.2, 0) is 16.0 Å². The van der Waals surface area contributed by atoms with E-state index in [2.05, 4.69) is 0 Å². The summed E-state index contributed by atoms with van der Waals surface area (Å²) in [5.41, 5.74) is 1.06. The normalized spacial score (nSPS) is 19.4. The molecule has 0 aromatic heterocycles. The Kier molecular flexibility index (Phi) is 3.65. The number of hydrogen-bond donors (Lipinski definition) is 0. The third kappa shape index (κ3) is 2.53. The van der Waals surface area contributed by atoms with Crippen molar-refractivity contribution in [2.75, 3.05) is 13.7 Å². The van der Waals surface area contributed by atoms with Gasteiger partial charge in [0.2, 0.25) is 11.8 Å². The average molecular weight is 247 g/mol. The van der Waals surface area contributed by atoms with Crippen molar-refractivity contribution in [3.8, 4) is 5.75 Å². The predicted molar refractivity (Wildman–Crippen MR) is 67.2 cm³/mol. The molecule has 1 aromatic rings. The zero-order valence-electron chi connectivity index (χ0n) is 10.7. The lowest BCUT2D eigenvalue weighted by atomic mass is 10.1. The van der Waals surface area contributed by atoms with Crippen molar-refractivity contribution in [1.82, 2.24) is 4.90 Å². The maximum atomic E-state index is 11.7. The van der Waals surface area contributed by atoms with Gasteiger partial charge in [-0.25, -0.2) is 0 Å². The molecule has 4 nitrogen and oxygen atoms in total. The molecule has 0 N–H and O–H groups in total. The van der Waals surface area contributed by atoms with Crippen LogP contribution in [0.25, 0.3) is 0 Å². The maximum Gasteiger partial charge on any atom is 0.232 e. The van der Waals surface area contributed by atoms with E-state index in [0.717, 1.165) is 11.3 Å². The van der Waals surface area contributed by atoms with E-state index in [0.29, 0.717) is 19.4 Å². The third-order valence-electron chi connectivity index (χ3n) is 3.23. The number of benzene rings is 1. The number of nitrogens with zero attached hydrogens (tertiary/aromatic N) is 1. The maximum absolute atomic E-state index is 11.7. The van der Waals surface area contributed by atoms with E-state index in [1.807, 2.05) is 24.3 Å². The van der Waals surface area contributed by atoms with Crippen LogP contribution in [-0.4, -0.2) is 30.4 Å². The van der Waals surface area contributed by atoms with Crippen LogP contribution in [0, 0.1) is 5.92 Å². The second kappa shape index (κ2) is 5.21. The molecule has 1 unspecified atom stereocenters. The number of carbonyl (C=O) groups excluding carboxylic acids is 2. The first kappa shape index (κ1) is 12.6. The lowest BCUT2D eigenvalue weighted by Crippen LogP contribution is -2.32. The molecule has 1 aliphatic rings. The van der Waals surface area contributed by atoms with E-state index < -0.39 is 0 Å². The van der Waals surface area contributed by atoms with Gasteiger partial charge in [0, 0.05) is 18.9 Å². The zero-order chi connectivity index (χ0) is 13.1. The highest BCUT2D eigenvalue weighted by molar-refractivity contribution is 6.03. The van der Waals surface area contributed by atoms with Crippen molar-refractivity contribution in [2.45, 2.75) is 19.8 Å². The van der Waals surface area contributed by atoms with Gasteiger partial charge >= 0.3 is 0 Å². The van der Waals surface area contributed by atoms with Gasteiger partial charge in [-0.15, -0.1) is 0 Å². The molecule has 0 aliphatic carbocycles. The molecule has 1 aromatic carbocycles. The monoisotopic (exact) mass is 247 g/mol. The van der Waals surface area contributed by atoms with Gasteiger partial charge in [-0.3, -0.25) is 14.5 Å². The zero-order valence-corrected chi connectivity index (χ0v) is 10.7. The number of carbonyl (C=O) groups is 2. The lowest BCUT2D eigenvalue weighted by molar-refractivity contribution is -0.139. The van der Waals surface area contributed by atoms with Crippen molar-refractivity contribution < 1.29 is 14.3 Å². The van der Waals surface area contributed by atoms with Gasteiger partial charge in [0.25, 0.3) is 0 Å². The number of likely N-dealkylation sites (tertiary alicyclic amines) is 1. The summed E-state index contributed by atoms with van der Waals surface area (Å²) in [7, 11) is 1.62. The van der Waals surface area contributed by atoms with Gasteiger partial charge in [-0.05, 0) is 24.1 Å². The van der Waals surface area contributed by atoms with Crippen LogP contribution in [0.4, 0.5) is 0 Å². The molecule has 2 amide bonds.